The molecule has 0 saturated heterocycles. The Balaban J connectivity index is 1.62. The molecule has 2 aromatic heterocycles. The molecule has 0 bridgehead atoms. The van der Waals surface area contributed by atoms with Gasteiger partial charge in [-0.3, -0.25) is 14.6 Å². The second kappa shape index (κ2) is 6.49. The molecule has 122 valence electrons. The van der Waals surface area contributed by atoms with E-state index in [0.717, 1.165) is 30.0 Å². The molecule has 2 aromatic rings. The lowest BCUT2D eigenvalue weighted by atomic mass is 9.97. The number of amides is 1. The van der Waals surface area contributed by atoms with Crippen LogP contribution in [0.1, 0.15) is 40.9 Å². The Labute approximate surface area is 136 Å². The Morgan fingerprint density at radius 1 is 1.52 bits per heavy atom. The monoisotopic (exact) mass is 334 g/mol. The van der Waals surface area contributed by atoms with Crippen molar-refractivity contribution in [2.24, 2.45) is 0 Å². The summed E-state index contributed by atoms with van der Waals surface area (Å²) in [5, 5.41) is 4.03. The maximum Gasteiger partial charge on any atom is 0.328 e. The molecule has 2 N–H and O–H groups in total. The van der Waals surface area contributed by atoms with Crippen LogP contribution in [0, 0.1) is 6.92 Å². The van der Waals surface area contributed by atoms with Gasteiger partial charge in [0, 0.05) is 30.1 Å². The summed E-state index contributed by atoms with van der Waals surface area (Å²) in [6, 6.07) is 1.23. The number of H-pyrrole nitrogens is 1. The minimum Gasteiger partial charge on any atom is -0.348 e. The third kappa shape index (κ3) is 3.58. The molecule has 2 heterocycles. The Hall–Kier alpha value is -2.22. The van der Waals surface area contributed by atoms with Gasteiger partial charge in [-0.25, -0.2) is 9.78 Å². The summed E-state index contributed by atoms with van der Waals surface area (Å²) >= 11 is 1.69. The lowest BCUT2D eigenvalue weighted by Gasteiger charge is -2.22. The highest BCUT2D eigenvalue weighted by atomic mass is 32.1. The van der Waals surface area contributed by atoms with E-state index in [1.54, 1.807) is 11.3 Å². The lowest BCUT2D eigenvalue weighted by Crippen LogP contribution is -2.33. The number of nitrogens with one attached hydrogen (secondary N) is 2. The van der Waals surface area contributed by atoms with Gasteiger partial charge in [0.05, 0.1) is 16.7 Å². The zero-order valence-corrected chi connectivity index (χ0v) is 13.6. The van der Waals surface area contributed by atoms with E-state index in [2.05, 4.69) is 15.3 Å². The first-order valence-corrected chi connectivity index (χ1v) is 8.40. The van der Waals surface area contributed by atoms with Crippen molar-refractivity contribution in [3.8, 4) is 0 Å². The molecule has 1 aliphatic carbocycles. The van der Waals surface area contributed by atoms with Crippen LogP contribution in [-0.2, 0) is 17.8 Å². The number of thiazole rings is 1. The minimum absolute atomic E-state index is 0.0384. The van der Waals surface area contributed by atoms with Gasteiger partial charge in [-0.2, -0.15) is 0 Å². The van der Waals surface area contributed by atoms with Crippen molar-refractivity contribution in [1.82, 2.24) is 19.9 Å². The van der Waals surface area contributed by atoms with Gasteiger partial charge in [0.15, 0.2) is 0 Å². The SMILES string of the molecule is Cc1nc2c(s1)CCC[C@@H]2NC(=O)CCn1ccc(=O)[nH]c1=O. The van der Waals surface area contributed by atoms with Gasteiger partial charge in [-0.1, -0.05) is 0 Å². The van der Waals surface area contributed by atoms with E-state index in [1.165, 1.54) is 21.7 Å². The Kier molecular flexibility index (Phi) is 4.42. The smallest absolute Gasteiger partial charge is 0.328 e. The number of aromatic nitrogens is 3. The van der Waals surface area contributed by atoms with E-state index >= 15 is 0 Å². The van der Waals surface area contributed by atoms with Gasteiger partial charge in [0.2, 0.25) is 5.91 Å². The van der Waals surface area contributed by atoms with E-state index in [0.29, 0.717) is 0 Å². The number of hydrogen-bond acceptors (Lipinski definition) is 5. The van der Waals surface area contributed by atoms with Crippen molar-refractivity contribution < 1.29 is 4.79 Å². The second-order valence-corrected chi connectivity index (χ2v) is 6.89. The summed E-state index contributed by atoms with van der Waals surface area (Å²) in [5.74, 6) is -0.119. The molecule has 8 heteroatoms. The lowest BCUT2D eigenvalue weighted by molar-refractivity contribution is -0.122. The van der Waals surface area contributed by atoms with Crippen LogP contribution in [0.5, 0.6) is 0 Å². The van der Waals surface area contributed by atoms with Gasteiger partial charge < -0.3 is 9.88 Å². The normalized spacial score (nSPS) is 16.8. The summed E-state index contributed by atoms with van der Waals surface area (Å²) in [5.41, 5.74) is 0.0537. The topological polar surface area (TPSA) is 96.8 Å². The molecule has 3 rings (SSSR count). The Morgan fingerprint density at radius 3 is 3.13 bits per heavy atom. The Bertz CT molecular complexity index is 836. The average molecular weight is 334 g/mol. The summed E-state index contributed by atoms with van der Waals surface area (Å²) in [4.78, 5) is 42.7. The molecule has 0 unspecified atom stereocenters. The van der Waals surface area contributed by atoms with E-state index in [9.17, 15) is 14.4 Å². The summed E-state index contributed by atoms with van der Waals surface area (Å²) in [7, 11) is 0. The van der Waals surface area contributed by atoms with E-state index in [-0.39, 0.29) is 24.9 Å². The van der Waals surface area contributed by atoms with Crippen LogP contribution >= 0.6 is 11.3 Å². The van der Waals surface area contributed by atoms with Gasteiger partial charge in [-0.15, -0.1) is 11.3 Å². The predicted octanol–water partition coefficient (Wildman–Crippen LogP) is 0.885. The van der Waals surface area contributed by atoms with Gasteiger partial charge in [0.1, 0.15) is 0 Å². The highest BCUT2D eigenvalue weighted by Gasteiger charge is 2.25. The molecule has 0 radical (unpaired) electrons. The fourth-order valence-electron chi connectivity index (χ4n) is 2.79. The zero-order chi connectivity index (χ0) is 16.4. The first-order valence-electron chi connectivity index (χ1n) is 7.58. The van der Waals surface area contributed by atoms with Gasteiger partial charge in [-0.05, 0) is 26.2 Å². The summed E-state index contributed by atoms with van der Waals surface area (Å²) in [6.07, 6.45) is 4.54. The number of carbonyl (C=O) groups is 1. The highest BCUT2D eigenvalue weighted by molar-refractivity contribution is 7.11. The number of rotatable bonds is 4. The molecule has 0 spiro atoms. The maximum absolute atomic E-state index is 12.2. The number of carbonyl (C=O) groups excluding carboxylic acids is 1. The minimum atomic E-state index is -0.500. The van der Waals surface area contributed by atoms with Crippen LogP contribution in [0.2, 0.25) is 0 Å². The van der Waals surface area contributed by atoms with Crippen LogP contribution in [0.15, 0.2) is 21.9 Å². The number of hydrogen-bond donors (Lipinski definition) is 2. The molecule has 23 heavy (non-hydrogen) atoms. The van der Waals surface area contributed by atoms with Gasteiger partial charge in [0.25, 0.3) is 5.56 Å². The van der Waals surface area contributed by atoms with E-state index in [1.807, 2.05) is 6.92 Å². The first-order chi connectivity index (χ1) is 11.0. The maximum atomic E-state index is 12.2. The number of fused-ring (bicyclic) bond motifs is 1. The van der Waals surface area contributed by atoms with Crippen LogP contribution < -0.4 is 16.6 Å². The number of aryl methyl sites for hydroxylation is 3. The molecule has 0 saturated carbocycles. The largest absolute Gasteiger partial charge is 0.348 e. The molecular weight excluding hydrogens is 316 g/mol. The van der Waals surface area contributed by atoms with Crippen LogP contribution in [0.25, 0.3) is 0 Å². The second-order valence-electron chi connectivity index (χ2n) is 5.61. The molecule has 0 fully saturated rings. The van der Waals surface area contributed by atoms with Crippen LogP contribution in [0.3, 0.4) is 0 Å². The average Bonchev–Trinajstić information content (AvgIpc) is 2.88. The van der Waals surface area contributed by atoms with Crippen molar-refractivity contribution in [1.29, 1.82) is 0 Å². The predicted molar refractivity (Wildman–Crippen MR) is 86.6 cm³/mol. The summed E-state index contributed by atoms with van der Waals surface area (Å²) in [6.45, 7) is 2.21. The van der Waals surface area contributed by atoms with Crippen LogP contribution in [0.4, 0.5) is 0 Å². The molecule has 1 aliphatic rings. The highest BCUT2D eigenvalue weighted by Crippen LogP contribution is 2.32. The molecule has 1 amide bonds. The molecule has 0 aliphatic heterocycles. The number of aromatic amines is 1. The van der Waals surface area contributed by atoms with Crippen LogP contribution in [-0.4, -0.2) is 20.4 Å². The zero-order valence-electron chi connectivity index (χ0n) is 12.8. The van der Waals surface area contributed by atoms with Crippen molar-refractivity contribution >= 4 is 17.2 Å². The van der Waals surface area contributed by atoms with Crippen molar-refractivity contribution in [2.75, 3.05) is 0 Å². The van der Waals surface area contributed by atoms with E-state index in [4.69, 9.17) is 0 Å². The molecule has 0 aromatic carbocycles. The fraction of sp³-hybridized carbons (Fsp3) is 0.467. The van der Waals surface area contributed by atoms with Gasteiger partial charge >= 0.3 is 5.69 Å². The third-order valence-corrected chi connectivity index (χ3v) is 4.92. The molecular formula is C15H18N4O3S. The molecule has 7 nitrogen and oxygen atoms in total. The molecule has 1 atom stereocenters. The summed E-state index contributed by atoms with van der Waals surface area (Å²) < 4.78 is 1.32. The first kappa shape index (κ1) is 15.7. The van der Waals surface area contributed by atoms with E-state index < -0.39 is 11.2 Å². The van der Waals surface area contributed by atoms with Crippen molar-refractivity contribution in [2.45, 2.75) is 45.2 Å². The fourth-order valence-corrected chi connectivity index (χ4v) is 3.83. The third-order valence-electron chi connectivity index (χ3n) is 3.87. The number of nitrogens with zero attached hydrogens (tertiary/aromatic N) is 2. The Morgan fingerprint density at radius 2 is 2.35 bits per heavy atom. The quantitative estimate of drug-likeness (QED) is 0.867. The van der Waals surface area contributed by atoms with Crippen molar-refractivity contribution in [3.63, 3.8) is 0 Å². The van der Waals surface area contributed by atoms with Crippen molar-refractivity contribution in [3.05, 3.63) is 48.7 Å². The standard InChI is InChI=1S/C15H18N4O3S/c1-9-16-14-10(3-2-4-11(14)23-9)17-12(20)5-7-19-8-6-13(21)18-15(19)22/h6,8,10H,2-5,7H2,1H3,(H,17,20)(H,18,21,22)/t10-/m0/s1.